The van der Waals surface area contributed by atoms with E-state index in [-0.39, 0.29) is 6.61 Å². The number of thiazole rings is 1. The van der Waals surface area contributed by atoms with Crippen LogP contribution in [0.15, 0.2) is 11.6 Å². The molecule has 0 aliphatic heterocycles. The van der Waals surface area contributed by atoms with Gasteiger partial charge in [-0.15, -0.1) is 11.3 Å². The van der Waals surface area contributed by atoms with E-state index in [1.165, 1.54) is 11.3 Å². The predicted molar refractivity (Wildman–Crippen MR) is 40.7 cm³/mol. The monoisotopic (exact) mass is 153 g/mol. The van der Waals surface area contributed by atoms with E-state index in [9.17, 15) is 0 Å². The largest absolute Gasteiger partial charge is 0.395 e. The van der Waals surface area contributed by atoms with Gasteiger partial charge in [-0.25, -0.2) is 4.98 Å². The zero-order valence-corrected chi connectivity index (χ0v) is 6.19. The average Bonchev–Trinajstić information content (AvgIpc) is 2.41. The molecule has 1 rings (SSSR count). The minimum Gasteiger partial charge on any atom is -0.395 e. The number of rotatable bonds is 1. The molecule has 0 aliphatic carbocycles. The Hall–Kier alpha value is -0.850. The Kier molecular flexibility index (Phi) is 2.94. The van der Waals surface area contributed by atoms with Crippen LogP contribution >= 0.6 is 11.3 Å². The summed E-state index contributed by atoms with van der Waals surface area (Å²) in [6, 6.07) is 0. The highest BCUT2D eigenvalue weighted by molar-refractivity contribution is 7.10. The van der Waals surface area contributed by atoms with E-state index in [2.05, 4.69) is 16.8 Å². The van der Waals surface area contributed by atoms with Crippen LogP contribution in [0.1, 0.15) is 11.4 Å². The van der Waals surface area contributed by atoms with E-state index in [1.807, 2.05) is 5.38 Å². The number of aliphatic hydroxyl groups is 1. The minimum atomic E-state index is 0.123. The van der Waals surface area contributed by atoms with Crippen molar-refractivity contribution in [3.8, 4) is 11.8 Å². The lowest BCUT2D eigenvalue weighted by Gasteiger charge is -1.76. The van der Waals surface area contributed by atoms with Crippen molar-refractivity contribution < 1.29 is 5.11 Å². The van der Waals surface area contributed by atoms with Crippen LogP contribution in [0.25, 0.3) is 0 Å². The fourth-order valence-corrected chi connectivity index (χ4v) is 0.983. The molecule has 0 bridgehead atoms. The minimum absolute atomic E-state index is 0.123. The predicted octanol–water partition coefficient (Wildman–Crippen LogP) is 0.877. The van der Waals surface area contributed by atoms with Crippen molar-refractivity contribution in [3.05, 3.63) is 16.6 Å². The van der Waals surface area contributed by atoms with E-state index in [4.69, 9.17) is 5.11 Å². The van der Waals surface area contributed by atoms with E-state index >= 15 is 0 Å². The van der Waals surface area contributed by atoms with Crippen molar-refractivity contribution in [3.63, 3.8) is 0 Å². The van der Waals surface area contributed by atoms with Crippen molar-refractivity contribution >= 4 is 11.3 Å². The molecule has 1 aromatic rings. The maximum atomic E-state index is 8.38. The first-order valence-electron chi connectivity index (χ1n) is 2.92. The van der Waals surface area contributed by atoms with Crippen LogP contribution < -0.4 is 0 Å². The molecule has 3 heteroatoms. The zero-order valence-electron chi connectivity index (χ0n) is 5.37. The van der Waals surface area contributed by atoms with Crippen LogP contribution in [0.5, 0.6) is 0 Å². The number of hydrogen-bond acceptors (Lipinski definition) is 3. The van der Waals surface area contributed by atoms with E-state index in [0.717, 1.165) is 5.01 Å². The highest BCUT2D eigenvalue weighted by Gasteiger charge is 1.83. The molecule has 0 spiro atoms. The highest BCUT2D eigenvalue weighted by Crippen LogP contribution is 2.00. The summed E-state index contributed by atoms with van der Waals surface area (Å²) >= 11 is 1.51. The molecule has 52 valence electrons. The van der Waals surface area contributed by atoms with Gasteiger partial charge in [0.1, 0.15) is 0 Å². The summed E-state index contributed by atoms with van der Waals surface area (Å²) in [5.74, 6) is 5.61. The molecule has 0 amide bonds. The topological polar surface area (TPSA) is 33.1 Å². The second kappa shape index (κ2) is 4.04. The molecule has 0 atom stereocenters. The molecular formula is C7H7NOS. The maximum absolute atomic E-state index is 8.38. The number of aliphatic hydroxyl groups excluding tert-OH is 1. The van der Waals surface area contributed by atoms with Crippen LogP contribution in [0.3, 0.4) is 0 Å². The van der Waals surface area contributed by atoms with Crippen molar-refractivity contribution in [1.82, 2.24) is 4.98 Å². The summed E-state index contributed by atoms with van der Waals surface area (Å²) in [6.45, 7) is 0.123. The fraction of sp³-hybridized carbons (Fsp3) is 0.286. The van der Waals surface area contributed by atoms with Gasteiger partial charge >= 0.3 is 0 Å². The highest BCUT2D eigenvalue weighted by atomic mass is 32.1. The van der Waals surface area contributed by atoms with Crippen LogP contribution in [0.2, 0.25) is 0 Å². The standard InChI is InChI=1S/C7H7NOS/c9-5-2-1-3-7-8-4-6-10-7/h4,6,9H,2,5H2. The van der Waals surface area contributed by atoms with Crippen molar-refractivity contribution in [1.29, 1.82) is 0 Å². The average molecular weight is 153 g/mol. The van der Waals surface area contributed by atoms with E-state index < -0.39 is 0 Å². The molecule has 1 aromatic heterocycles. The van der Waals surface area contributed by atoms with Crippen LogP contribution in [0.4, 0.5) is 0 Å². The fourth-order valence-electron chi connectivity index (χ4n) is 0.479. The van der Waals surface area contributed by atoms with Crippen LogP contribution in [-0.2, 0) is 0 Å². The first kappa shape index (κ1) is 7.26. The third-order valence-electron chi connectivity index (χ3n) is 0.864. The van der Waals surface area contributed by atoms with Gasteiger partial charge in [0, 0.05) is 18.0 Å². The van der Waals surface area contributed by atoms with Gasteiger partial charge in [-0.1, -0.05) is 5.92 Å². The lowest BCUT2D eigenvalue weighted by Crippen LogP contribution is -1.76. The normalized spacial score (nSPS) is 8.50. The Morgan fingerprint density at radius 3 is 3.20 bits per heavy atom. The Morgan fingerprint density at radius 1 is 1.70 bits per heavy atom. The summed E-state index contributed by atoms with van der Waals surface area (Å²) in [4.78, 5) is 3.95. The van der Waals surface area contributed by atoms with Gasteiger partial charge in [0.2, 0.25) is 0 Å². The van der Waals surface area contributed by atoms with Crippen molar-refractivity contribution in [2.75, 3.05) is 6.61 Å². The lowest BCUT2D eigenvalue weighted by atomic mass is 10.4. The molecule has 0 saturated carbocycles. The molecule has 10 heavy (non-hydrogen) atoms. The number of nitrogens with zero attached hydrogens (tertiary/aromatic N) is 1. The van der Waals surface area contributed by atoms with E-state index in [0.29, 0.717) is 6.42 Å². The second-order valence-electron chi connectivity index (χ2n) is 1.61. The quantitative estimate of drug-likeness (QED) is 0.607. The lowest BCUT2D eigenvalue weighted by molar-refractivity contribution is 0.305. The number of aromatic nitrogens is 1. The molecule has 0 fully saturated rings. The second-order valence-corrected chi connectivity index (χ2v) is 2.51. The van der Waals surface area contributed by atoms with Crippen molar-refractivity contribution in [2.45, 2.75) is 6.42 Å². The first-order chi connectivity index (χ1) is 4.93. The zero-order chi connectivity index (χ0) is 7.23. The third-order valence-corrected chi connectivity index (χ3v) is 1.55. The van der Waals surface area contributed by atoms with Gasteiger partial charge in [-0.05, 0) is 5.92 Å². The molecule has 0 radical (unpaired) electrons. The number of hydrogen-bond donors (Lipinski definition) is 1. The molecule has 0 unspecified atom stereocenters. The summed E-state index contributed by atoms with van der Waals surface area (Å²) in [7, 11) is 0. The van der Waals surface area contributed by atoms with Crippen LogP contribution in [-0.4, -0.2) is 16.7 Å². The van der Waals surface area contributed by atoms with Gasteiger partial charge in [-0.3, -0.25) is 0 Å². The Balaban J connectivity index is 2.49. The maximum Gasteiger partial charge on any atom is 0.166 e. The van der Waals surface area contributed by atoms with E-state index in [1.54, 1.807) is 6.20 Å². The van der Waals surface area contributed by atoms with Gasteiger partial charge in [0.25, 0.3) is 0 Å². The van der Waals surface area contributed by atoms with Gasteiger partial charge in [0.15, 0.2) is 5.01 Å². The molecule has 0 aromatic carbocycles. The molecule has 0 saturated heterocycles. The molecular weight excluding hydrogens is 146 g/mol. The third kappa shape index (κ3) is 2.18. The Labute approximate surface area is 63.5 Å². The summed E-state index contributed by atoms with van der Waals surface area (Å²) < 4.78 is 0. The summed E-state index contributed by atoms with van der Waals surface area (Å²) in [5.41, 5.74) is 0. The Bertz CT molecular complexity index is 232. The molecule has 1 N–H and O–H groups in total. The van der Waals surface area contributed by atoms with Gasteiger partial charge in [0.05, 0.1) is 6.61 Å². The van der Waals surface area contributed by atoms with Crippen LogP contribution in [0, 0.1) is 11.8 Å². The smallest absolute Gasteiger partial charge is 0.166 e. The first-order valence-corrected chi connectivity index (χ1v) is 3.80. The van der Waals surface area contributed by atoms with Gasteiger partial charge in [-0.2, -0.15) is 0 Å². The summed E-state index contributed by atoms with van der Waals surface area (Å²) in [5, 5.41) is 11.1. The molecule has 2 nitrogen and oxygen atoms in total. The SMILES string of the molecule is OCCC#Cc1nccs1. The molecule has 1 heterocycles. The molecule has 0 aliphatic rings. The summed E-state index contributed by atoms with van der Waals surface area (Å²) in [6.07, 6.45) is 2.24. The van der Waals surface area contributed by atoms with Gasteiger partial charge < -0.3 is 5.11 Å². The Morgan fingerprint density at radius 2 is 2.60 bits per heavy atom. The van der Waals surface area contributed by atoms with Crippen molar-refractivity contribution in [2.24, 2.45) is 0 Å².